The number of hydrogen-bond acceptors (Lipinski definition) is 4. The molecule has 0 fully saturated rings. The van der Waals surface area contributed by atoms with Crippen LogP contribution in [0.4, 0.5) is 0 Å². The molecule has 0 aromatic carbocycles. The van der Waals surface area contributed by atoms with E-state index in [4.69, 9.17) is 69.6 Å². The van der Waals surface area contributed by atoms with E-state index in [1.807, 2.05) is 0 Å². The van der Waals surface area contributed by atoms with Crippen molar-refractivity contribution in [1.29, 1.82) is 0 Å². The molecule has 0 unspecified atom stereocenters. The number of rotatable bonds is 2. The van der Waals surface area contributed by atoms with E-state index in [2.05, 4.69) is 25.3 Å². The molecule has 1 aliphatic rings. The summed E-state index contributed by atoms with van der Waals surface area (Å²) in [7, 11) is 0. The van der Waals surface area contributed by atoms with Gasteiger partial charge in [-0.3, -0.25) is 0 Å². The number of halogens is 6. The van der Waals surface area contributed by atoms with Crippen molar-refractivity contribution in [2.45, 2.75) is 14.4 Å². The van der Waals surface area contributed by atoms with Gasteiger partial charge in [-0.1, -0.05) is 117 Å². The van der Waals surface area contributed by atoms with Gasteiger partial charge in [0.25, 0.3) is 0 Å². The topological polar surface area (TPSA) is 0 Å². The predicted octanol–water partition coefficient (Wildman–Crippen LogP) is 6.49. The molecule has 104 valence electrons. The molecule has 0 heterocycles. The minimum Gasteiger partial charge on any atom is -0.153 e. The van der Waals surface area contributed by atoms with E-state index in [1.165, 1.54) is 0 Å². The first kappa shape index (κ1) is 18.7. The van der Waals surface area contributed by atoms with Gasteiger partial charge in [0, 0.05) is 0 Å². The fraction of sp³-hybridized carbons (Fsp3) is 0.500. The molecular formula is C8H6Cl6S4. The summed E-state index contributed by atoms with van der Waals surface area (Å²) in [6, 6.07) is 0. The molecule has 0 saturated heterocycles. The lowest BCUT2D eigenvalue weighted by Crippen LogP contribution is -2.25. The van der Waals surface area contributed by atoms with E-state index in [9.17, 15) is 0 Å². The highest BCUT2D eigenvalue weighted by molar-refractivity contribution is 8.16. The van der Waals surface area contributed by atoms with Gasteiger partial charge in [-0.15, -0.1) is 0 Å². The van der Waals surface area contributed by atoms with E-state index in [0.717, 1.165) is 23.5 Å². The summed E-state index contributed by atoms with van der Waals surface area (Å²) in [4.78, 5) is 0. The van der Waals surface area contributed by atoms with Gasteiger partial charge >= 0.3 is 0 Å². The standard InChI is InChI=1S/C8H6Cl6S4/c9-7(10,11)17-5(15)1-2-6(16,4-3-5)18-8(12,13)14/h1-4,15-16H. The number of thioether (sulfide) groups is 2. The number of alkyl halides is 6. The van der Waals surface area contributed by atoms with Crippen molar-refractivity contribution in [3.05, 3.63) is 24.3 Å². The van der Waals surface area contributed by atoms with Gasteiger partial charge in [0.2, 0.25) is 6.25 Å². The Bertz CT molecular complexity index is 321. The van der Waals surface area contributed by atoms with Gasteiger partial charge in [0.15, 0.2) is 0 Å². The lowest BCUT2D eigenvalue weighted by molar-refractivity contribution is 1.17. The molecule has 0 atom stereocenters. The molecule has 1 aliphatic carbocycles. The molecule has 0 aliphatic heterocycles. The second-order valence-corrected chi connectivity index (χ2v) is 14.2. The molecule has 0 aromatic rings. The van der Waals surface area contributed by atoms with Crippen molar-refractivity contribution in [3.63, 3.8) is 0 Å². The average Bonchev–Trinajstić information content (AvgIpc) is 2.05. The maximum Gasteiger partial charge on any atom is 0.239 e. The van der Waals surface area contributed by atoms with Crippen LogP contribution in [0, 0.1) is 0 Å². The summed E-state index contributed by atoms with van der Waals surface area (Å²) in [6.45, 7) is 0. The molecule has 0 N–H and O–H groups in total. The van der Waals surface area contributed by atoms with Crippen LogP contribution < -0.4 is 0 Å². The summed E-state index contributed by atoms with van der Waals surface area (Å²) >= 11 is 45.3. The zero-order chi connectivity index (χ0) is 14.2. The van der Waals surface area contributed by atoms with Crippen molar-refractivity contribution in [2.75, 3.05) is 0 Å². The quantitative estimate of drug-likeness (QED) is 0.217. The van der Waals surface area contributed by atoms with Crippen molar-refractivity contribution in [3.8, 4) is 0 Å². The van der Waals surface area contributed by atoms with Crippen molar-refractivity contribution in [1.82, 2.24) is 0 Å². The van der Waals surface area contributed by atoms with E-state index in [-0.39, 0.29) is 0 Å². The van der Waals surface area contributed by atoms with Gasteiger partial charge < -0.3 is 0 Å². The summed E-state index contributed by atoms with van der Waals surface area (Å²) in [5.41, 5.74) is 0. The van der Waals surface area contributed by atoms with Crippen LogP contribution in [0.15, 0.2) is 24.3 Å². The van der Waals surface area contributed by atoms with E-state index < -0.39 is 14.4 Å². The lowest BCUT2D eigenvalue weighted by Gasteiger charge is -2.33. The number of hydrogen-bond donors (Lipinski definition) is 2. The summed E-state index contributed by atoms with van der Waals surface area (Å²) in [5, 5.41) is 0. The Morgan fingerprint density at radius 2 is 0.889 bits per heavy atom. The molecule has 10 heteroatoms. The van der Waals surface area contributed by atoms with Gasteiger partial charge in [-0.25, -0.2) is 0 Å². The Labute approximate surface area is 155 Å². The third-order valence-corrected chi connectivity index (χ3v) is 5.87. The van der Waals surface area contributed by atoms with Crippen LogP contribution in [-0.2, 0) is 0 Å². The van der Waals surface area contributed by atoms with E-state index in [0.29, 0.717) is 0 Å². The predicted molar refractivity (Wildman–Crippen MR) is 97.5 cm³/mol. The first-order valence-electron chi connectivity index (χ1n) is 4.22. The Morgan fingerprint density at radius 1 is 0.667 bits per heavy atom. The van der Waals surface area contributed by atoms with Crippen LogP contribution in [0.2, 0.25) is 0 Å². The summed E-state index contributed by atoms with van der Waals surface area (Å²) in [5.74, 6) is 0. The van der Waals surface area contributed by atoms with Crippen molar-refractivity contribution in [2.24, 2.45) is 0 Å². The van der Waals surface area contributed by atoms with E-state index in [1.54, 1.807) is 24.3 Å². The van der Waals surface area contributed by atoms with Crippen molar-refractivity contribution < 1.29 is 0 Å². The molecule has 0 nitrogen and oxygen atoms in total. The first-order chi connectivity index (χ1) is 7.83. The zero-order valence-electron chi connectivity index (χ0n) is 8.29. The highest BCUT2D eigenvalue weighted by Gasteiger charge is 2.39. The van der Waals surface area contributed by atoms with Crippen LogP contribution in [0.1, 0.15) is 0 Å². The smallest absolute Gasteiger partial charge is 0.153 e. The molecule has 0 saturated carbocycles. The van der Waals surface area contributed by atoms with E-state index >= 15 is 0 Å². The molecule has 0 spiro atoms. The fourth-order valence-corrected chi connectivity index (χ4v) is 6.77. The Hall–Kier alpha value is 2.62. The third kappa shape index (κ3) is 7.06. The van der Waals surface area contributed by atoms with Gasteiger partial charge in [0.05, 0.1) is 8.16 Å². The Balaban J connectivity index is 2.80. The highest BCUT2D eigenvalue weighted by Crippen LogP contribution is 2.55. The lowest BCUT2D eigenvalue weighted by atomic mass is 10.2. The van der Waals surface area contributed by atoms with Crippen LogP contribution in [0.3, 0.4) is 0 Å². The van der Waals surface area contributed by atoms with Crippen LogP contribution in [0.25, 0.3) is 0 Å². The molecule has 0 radical (unpaired) electrons. The van der Waals surface area contributed by atoms with Crippen LogP contribution >= 0.6 is 118 Å². The normalized spacial score (nSPS) is 32.9. The molecule has 0 amide bonds. The van der Waals surface area contributed by atoms with Crippen molar-refractivity contribution >= 4 is 118 Å². The van der Waals surface area contributed by atoms with Gasteiger partial charge in [0.1, 0.15) is 0 Å². The Kier molecular flexibility index (Phi) is 6.63. The average molecular weight is 443 g/mol. The summed E-state index contributed by atoms with van der Waals surface area (Å²) < 4.78 is -4.44. The van der Waals surface area contributed by atoms with Gasteiger partial charge in [-0.2, -0.15) is 25.3 Å². The molecule has 0 bridgehead atoms. The second-order valence-electron chi connectivity index (χ2n) is 3.27. The first-order valence-corrected chi connectivity index (χ1v) is 9.01. The molecule has 18 heavy (non-hydrogen) atoms. The number of thiol groups is 2. The second kappa shape index (κ2) is 6.39. The SMILES string of the molecule is SC1(SC(Cl)(Cl)Cl)C=CC(S)(SC(Cl)(Cl)Cl)C=C1. The Morgan fingerprint density at radius 3 is 1.06 bits per heavy atom. The maximum absolute atomic E-state index is 5.72. The molecular weight excluding hydrogens is 437 g/mol. The van der Waals surface area contributed by atoms with Crippen LogP contribution in [0.5, 0.6) is 0 Å². The highest BCUT2D eigenvalue weighted by atomic mass is 35.6. The zero-order valence-corrected chi connectivity index (χ0v) is 16.2. The fourth-order valence-electron chi connectivity index (χ4n) is 1.10. The minimum absolute atomic E-state index is 0.744. The maximum atomic E-state index is 5.72. The minimum atomic E-state index is -1.48. The largest absolute Gasteiger partial charge is 0.239 e. The monoisotopic (exact) mass is 440 g/mol. The molecule has 1 rings (SSSR count). The van der Waals surface area contributed by atoms with Crippen LogP contribution in [-0.4, -0.2) is 14.4 Å². The van der Waals surface area contributed by atoms with Gasteiger partial charge in [-0.05, 0) is 0 Å². The molecule has 0 aromatic heterocycles. The third-order valence-electron chi connectivity index (χ3n) is 1.68. The summed E-state index contributed by atoms with van der Waals surface area (Å²) in [6.07, 6.45) is 6.94.